The first-order valence-corrected chi connectivity index (χ1v) is 5.64. The van der Waals surface area contributed by atoms with Crippen LogP contribution in [0.3, 0.4) is 0 Å². The highest BCUT2D eigenvalue weighted by Gasteiger charge is 2.32. The molecule has 0 heterocycles. The standard InChI is InChI=1S/C12H21NO5/c1-11(2,3)10(17)18-7-12(4,5)9(16)13-6-8(14)15/h6-7H2,1-5H3,(H,13,16)(H,14,15). The zero-order valence-electron chi connectivity index (χ0n) is 11.5. The normalized spacial score (nSPS) is 11.8. The lowest BCUT2D eigenvalue weighted by atomic mass is 9.93. The van der Waals surface area contributed by atoms with Crippen LogP contribution in [-0.4, -0.2) is 36.1 Å². The lowest BCUT2D eigenvalue weighted by Gasteiger charge is -2.25. The minimum atomic E-state index is -1.12. The molecule has 0 atom stereocenters. The van der Waals surface area contributed by atoms with Crippen LogP contribution in [0.5, 0.6) is 0 Å². The van der Waals surface area contributed by atoms with Crippen LogP contribution in [0.2, 0.25) is 0 Å². The molecule has 0 aliphatic carbocycles. The van der Waals surface area contributed by atoms with Gasteiger partial charge in [0.15, 0.2) is 0 Å². The molecular weight excluding hydrogens is 238 g/mol. The fourth-order valence-electron chi connectivity index (χ4n) is 0.923. The van der Waals surface area contributed by atoms with Crippen molar-refractivity contribution in [1.29, 1.82) is 0 Å². The van der Waals surface area contributed by atoms with Gasteiger partial charge in [-0.05, 0) is 34.6 Å². The van der Waals surface area contributed by atoms with E-state index in [2.05, 4.69) is 5.32 Å². The highest BCUT2D eigenvalue weighted by atomic mass is 16.5. The van der Waals surface area contributed by atoms with Gasteiger partial charge in [-0.25, -0.2) is 0 Å². The van der Waals surface area contributed by atoms with Gasteiger partial charge in [0.2, 0.25) is 5.91 Å². The third-order valence-corrected chi connectivity index (χ3v) is 2.19. The van der Waals surface area contributed by atoms with Gasteiger partial charge in [0.1, 0.15) is 13.2 Å². The molecule has 0 bridgehead atoms. The Hall–Kier alpha value is -1.59. The summed E-state index contributed by atoms with van der Waals surface area (Å²) < 4.78 is 5.05. The zero-order valence-corrected chi connectivity index (χ0v) is 11.5. The molecule has 0 rings (SSSR count). The first-order chi connectivity index (χ1) is 7.97. The number of carbonyl (C=O) groups is 3. The van der Waals surface area contributed by atoms with Gasteiger partial charge in [0.05, 0.1) is 10.8 Å². The third kappa shape index (κ3) is 5.65. The van der Waals surface area contributed by atoms with E-state index in [1.807, 2.05) is 0 Å². The number of nitrogens with one attached hydrogen (secondary N) is 1. The van der Waals surface area contributed by atoms with Crippen molar-refractivity contribution < 1.29 is 24.2 Å². The summed E-state index contributed by atoms with van der Waals surface area (Å²) in [6.07, 6.45) is 0. The Kier molecular flexibility index (Phi) is 5.32. The summed E-state index contributed by atoms with van der Waals surface area (Å²) in [5.74, 6) is -1.99. The second-order valence-electron chi connectivity index (χ2n) is 5.79. The van der Waals surface area contributed by atoms with Crippen molar-refractivity contribution in [1.82, 2.24) is 5.32 Å². The maximum atomic E-state index is 11.7. The molecule has 0 aromatic rings. The molecule has 6 nitrogen and oxygen atoms in total. The van der Waals surface area contributed by atoms with Crippen LogP contribution in [0.15, 0.2) is 0 Å². The molecule has 0 saturated heterocycles. The third-order valence-electron chi connectivity index (χ3n) is 2.19. The number of esters is 1. The molecule has 0 saturated carbocycles. The molecular formula is C12H21NO5. The predicted molar refractivity (Wildman–Crippen MR) is 64.8 cm³/mol. The summed E-state index contributed by atoms with van der Waals surface area (Å²) in [6, 6.07) is 0. The lowest BCUT2D eigenvalue weighted by Crippen LogP contribution is -2.43. The van der Waals surface area contributed by atoms with Crippen LogP contribution in [0.4, 0.5) is 0 Å². The lowest BCUT2D eigenvalue weighted by molar-refractivity contribution is -0.158. The van der Waals surface area contributed by atoms with E-state index < -0.39 is 35.2 Å². The van der Waals surface area contributed by atoms with E-state index in [4.69, 9.17) is 9.84 Å². The number of aliphatic carboxylic acids is 1. The van der Waals surface area contributed by atoms with Crippen LogP contribution >= 0.6 is 0 Å². The van der Waals surface area contributed by atoms with Crippen molar-refractivity contribution in [2.75, 3.05) is 13.2 Å². The van der Waals surface area contributed by atoms with Gasteiger partial charge in [0.25, 0.3) is 0 Å². The zero-order chi connectivity index (χ0) is 14.6. The minimum Gasteiger partial charge on any atom is -0.480 e. The summed E-state index contributed by atoms with van der Waals surface area (Å²) in [6.45, 7) is 7.77. The van der Waals surface area contributed by atoms with Crippen LogP contribution in [0.1, 0.15) is 34.6 Å². The molecule has 0 spiro atoms. The summed E-state index contributed by atoms with van der Waals surface area (Å²) in [7, 11) is 0. The molecule has 2 N–H and O–H groups in total. The molecule has 6 heteroatoms. The molecule has 104 valence electrons. The van der Waals surface area contributed by atoms with Crippen molar-refractivity contribution in [3.05, 3.63) is 0 Å². The summed E-state index contributed by atoms with van der Waals surface area (Å²) in [5.41, 5.74) is -1.59. The van der Waals surface area contributed by atoms with E-state index in [1.165, 1.54) is 0 Å². The predicted octanol–water partition coefficient (Wildman–Crippen LogP) is 0.803. The molecule has 0 fully saturated rings. The highest BCUT2D eigenvalue weighted by molar-refractivity contribution is 5.85. The maximum absolute atomic E-state index is 11.7. The molecule has 0 aliphatic rings. The van der Waals surface area contributed by atoms with Crippen molar-refractivity contribution in [2.24, 2.45) is 10.8 Å². The molecule has 1 amide bonds. The summed E-state index contributed by atoms with van der Waals surface area (Å²) in [5, 5.41) is 10.7. The van der Waals surface area contributed by atoms with Gasteiger partial charge >= 0.3 is 11.9 Å². The highest BCUT2D eigenvalue weighted by Crippen LogP contribution is 2.20. The SMILES string of the molecule is CC(C)(C)C(=O)OCC(C)(C)C(=O)NCC(=O)O. The van der Waals surface area contributed by atoms with Gasteiger partial charge in [-0.2, -0.15) is 0 Å². The van der Waals surface area contributed by atoms with Gasteiger partial charge in [-0.3, -0.25) is 14.4 Å². The summed E-state index contributed by atoms with van der Waals surface area (Å²) in [4.78, 5) is 33.5. The fourth-order valence-corrected chi connectivity index (χ4v) is 0.923. The van der Waals surface area contributed by atoms with E-state index >= 15 is 0 Å². The van der Waals surface area contributed by atoms with Gasteiger partial charge in [-0.15, -0.1) is 0 Å². The Morgan fingerprint density at radius 2 is 1.61 bits per heavy atom. The number of carbonyl (C=O) groups excluding carboxylic acids is 2. The van der Waals surface area contributed by atoms with E-state index in [-0.39, 0.29) is 6.61 Å². The number of ether oxygens (including phenoxy) is 1. The Morgan fingerprint density at radius 1 is 1.11 bits per heavy atom. The number of carboxylic acids is 1. The number of rotatable bonds is 5. The quantitative estimate of drug-likeness (QED) is 0.712. The Bertz CT molecular complexity index is 341. The average molecular weight is 259 g/mol. The fraction of sp³-hybridized carbons (Fsp3) is 0.750. The first kappa shape index (κ1) is 16.4. The monoisotopic (exact) mass is 259 g/mol. The molecule has 0 radical (unpaired) electrons. The Labute approximate surface area is 107 Å². The van der Waals surface area contributed by atoms with Gasteiger partial charge < -0.3 is 15.2 Å². The van der Waals surface area contributed by atoms with Gasteiger partial charge in [0, 0.05) is 0 Å². The first-order valence-electron chi connectivity index (χ1n) is 5.64. The van der Waals surface area contributed by atoms with E-state index in [0.29, 0.717) is 0 Å². The molecule has 0 aromatic heterocycles. The minimum absolute atomic E-state index is 0.0887. The van der Waals surface area contributed by atoms with Crippen molar-refractivity contribution in [3.8, 4) is 0 Å². The van der Waals surface area contributed by atoms with Crippen LogP contribution in [-0.2, 0) is 19.1 Å². The molecule has 0 unspecified atom stereocenters. The number of carboxylic acid groups (broad SMARTS) is 1. The van der Waals surface area contributed by atoms with Crippen molar-refractivity contribution in [3.63, 3.8) is 0 Å². The largest absolute Gasteiger partial charge is 0.480 e. The maximum Gasteiger partial charge on any atom is 0.322 e. The van der Waals surface area contributed by atoms with Crippen LogP contribution in [0.25, 0.3) is 0 Å². The summed E-state index contributed by atoms with van der Waals surface area (Å²) >= 11 is 0. The Morgan fingerprint density at radius 3 is 2.00 bits per heavy atom. The van der Waals surface area contributed by atoms with E-state index in [9.17, 15) is 14.4 Å². The van der Waals surface area contributed by atoms with E-state index in [1.54, 1.807) is 34.6 Å². The number of hydrogen-bond donors (Lipinski definition) is 2. The molecule has 0 aromatic carbocycles. The molecule has 18 heavy (non-hydrogen) atoms. The molecule has 0 aliphatic heterocycles. The van der Waals surface area contributed by atoms with Crippen molar-refractivity contribution >= 4 is 17.8 Å². The second-order valence-corrected chi connectivity index (χ2v) is 5.79. The van der Waals surface area contributed by atoms with Gasteiger partial charge in [-0.1, -0.05) is 0 Å². The van der Waals surface area contributed by atoms with Crippen LogP contribution in [0, 0.1) is 10.8 Å². The van der Waals surface area contributed by atoms with Crippen molar-refractivity contribution in [2.45, 2.75) is 34.6 Å². The second kappa shape index (κ2) is 5.84. The van der Waals surface area contributed by atoms with E-state index in [0.717, 1.165) is 0 Å². The average Bonchev–Trinajstić information content (AvgIpc) is 2.20. The van der Waals surface area contributed by atoms with Crippen LogP contribution < -0.4 is 5.32 Å². The number of amides is 1. The topological polar surface area (TPSA) is 92.7 Å². The number of hydrogen-bond acceptors (Lipinski definition) is 4. The smallest absolute Gasteiger partial charge is 0.322 e. The Balaban J connectivity index is 4.34.